The summed E-state index contributed by atoms with van der Waals surface area (Å²) < 4.78 is 11.6. The second kappa shape index (κ2) is 11.4. The fraction of sp³-hybridized carbons (Fsp3) is 0.290. The number of rotatable bonds is 9. The van der Waals surface area contributed by atoms with E-state index >= 15 is 0 Å². The van der Waals surface area contributed by atoms with Crippen molar-refractivity contribution in [3.05, 3.63) is 89.5 Å². The third kappa shape index (κ3) is 5.52. The third-order valence-electron chi connectivity index (χ3n) is 6.21. The Balaban J connectivity index is 1.88. The molecule has 1 fully saturated rings. The summed E-state index contributed by atoms with van der Waals surface area (Å²) in [7, 11) is 3.86. The van der Waals surface area contributed by atoms with Crippen LogP contribution in [0.25, 0.3) is 5.76 Å². The van der Waals surface area contributed by atoms with E-state index in [0.717, 1.165) is 12.1 Å². The van der Waals surface area contributed by atoms with E-state index in [2.05, 4.69) is 0 Å². The first-order valence-corrected chi connectivity index (χ1v) is 12.8. The smallest absolute Gasteiger partial charge is 0.300 e. The molecular formula is C31H34N2O5. The minimum Gasteiger partial charge on any atom is -0.507 e. The summed E-state index contributed by atoms with van der Waals surface area (Å²) in [6.45, 7) is 6.39. The molecule has 0 saturated carbocycles. The first kappa shape index (κ1) is 26.8. The van der Waals surface area contributed by atoms with Crippen molar-refractivity contribution in [3.63, 3.8) is 0 Å². The van der Waals surface area contributed by atoms with Crippen molar-refractivity contribution >= 4 is 28.8 Å². The summed E-state index contributed by atoms with van der Waals surface area (Å²) in [5.41, 5.74) is 2.58. The van der Waals surface area contributed by atoms with Crippen molar-refractivity contribution < 1.29 is 24.2 Å². The molecule has 1 atom stereocenters. The van der Waals surface area contributed by atoms with Crippen molar-refractivity contribution in [2.75, 3.05) is 30.5 Å². The maximum Gasteiger partial charge on any atom is 0.300 e. The van der Waals surface area contributed by atoms with Gasteiger partial charge in [0.25, 0.3) is 11.7 Å². The van der Waals surface area contributed by atoms with E-state index < -0.39 is 17.7 Å². The summed E-state index contributed by atoms with van der Waals surface area (Å²) in [5, 5.41) is 11.5. The van der Waals surface area contributed by atoms with Crippen LogP contribution in [0, 0.1) is 0 Å². The van der Waals surface area contributed by atoms with Crippen molar-refractivity contribution in [1.82, 2.24) is 0 Å². The number of Topliss-reactive ketones (excluding diaryl/α,β-unsaturated/α-hetero) is 1. The first-order chi connectivity index (χ1) is 18.2. The van der Waals surface area contributed by atoms with E-state index in [-0.39, 0.29) is 17.4 Å². The number of benzene rings is 3. The van der Waals surface area contributed by atoms with E-state index in [4.69, 9.17) is 9.47 Å². The molecule has 3 aromatic rings. The molecule has 0 aliphatic carbocycles. The number of carbonyl (C=O) groups is 2. The number of hydrogen-bond acceptors (Lipinski definition) is 6. The molecule has 0 bridgehead atoms. The van der Waals surface area contributed by atoms with E-state index in [9.17, 15) is 14.7 Å². The highest BCUT2D eigenvalue weighted by Gasteiger charge is 2.47. The van der Waals surface area contributed by atoms with Crippen LogP contribution in [0.1, 0.15) is 44.4 Å². The lowest BCUT2D eigenvalue weighted by Gasteiger charge is -2.26. The number of nitrogens with zero attached hydrogens (tertiary/aromatic N) is 2. The molecule has 1 aliphatic heterocycles. The highest BCUT2D eigenvalue weighted by atomic mass is 16.5. The summed E-state index contributed by atoms with van der Waals surface area (Å²) in [6, 6.07) is 20.8. The van der Waals surface area contributed by atoms with Gasteiger partial charge in [0.05, 0.1) is 24.3 Å². The van der Waals surface area contributed by atoms with Crippen LogP contribution in [0.2, 0.25) is 0 Å². The number of aliphatic hydroxyl groups is 1. The van der Waals surface area contributed by atoms with Crippen molar-refractivity contribution in [3.8, 4) is 11.5 Å². The predicted molar refractivity (Wildman–Crippen MR) is 150 cm³/mol. The van der Waals surface area contributed by atoms with Crippen LogP contribution in [0.4, 0.5) is 11.4 Å². The summed E-state index contributed by atoms with van der Waals surface area (Å²) in [6.07, 6.45) is 0.781. The van der Waals surface area contributed by atoms with Crippen LogP contribution >= 0.6 is 0 Å². The molecule has 0 spiro atoms. The topological polar surface area (TPSA) is 79.3 Å². The van der Waals surface area contributed by atoms with Gasteiger partial charge in [0.1, 0.15) is 17.3 Å². The van der Waals surface area contributed by atoms with E-state index in [0.29, 0.717) is 34.9 Å². The molecule has 7 heteroatoms. The Hall–Kier alpha value is -4.26. The Morgan fingerprint density at radius 1 is 0.974 bits per heavy atom. The molecule has 1 N–H and O–H groups in total. The summed E-state index contributed by atoms with van der Waals surface area (Å²) >= 11 is 0. The standard InChI is InChI=1S/C31H34N2O5/c1-6-17-37-25-11-8-10-22(19-25)29(34)27-28(21-9-7-12-26(18-21)38-20(2)3)33(31(36)30(27)35)24-15-13-23(14-16-24)32(4)5/h7-16,18-20,28,34H,6,17H2,1-5H3/b29-27-. The van der Waals surface area contributed by atoms with Crippen LogP contribution in [-0.4, -0.2) is 43.6 Å². The fourth-order valence-electron chi connectivity index (χ4n) is 4.46. The molecule has 1 heterocycles. The monoisotopic (exact) mass is 514 g/mol. The average Bonchev–Trinajstić information content (AvgIpc) is 3.17. The van der Waals surface area contributed by atoms with Gasteiger partial charge in [-0.05, 0) is 74.4 Å². The summed E-state index contributed by atoms with van der Waals surface area (Å²) in [4.78, 5) is 30.4. The van der Waals surface area contributed by atoms with Gasteiger partial charge >= 0.3 is 0 Å². The summed E-state index contributed by atoms with van der Waals surface area (Å²) in [5.74, 6) is -0.519. The van der Waals surface area contributed by atoms with Gasteiger partial charge in [-0.25, -0.2) is 0 Å². The Kier molecular flexibility index (Phi) is 8.05. The average molecular weight is 515 g/mol. The first-order valence-electron chi connectivity index (χ1n) is 12.8. The minimum atomic E-state index is -0.851. The molecule has 198 valence electrons. The number of aliphatic hydroxyl groups excluding tert-OH is 1. The van der Waals surface area contributed by atoms with Crippen LogP contribution in [0.5, 0.6) is 11.5 Å². The number of anilines is 2. The molecule has 1 aliphatic rings. The Morgan fingerprint density at radius 2 is 1.66 bits per heavy atom. The van der Waals surface area contributed by atoms with Crippen molar-refractivity contribution in [1.29, 1.82) is 0 Å². The van der Waals surface area contributed by atoms with Crippen LogP contribution in [0.15, 0.2) is 78.4 Å². The number of hydrogen-bond donors (Lipinski definition) is 1. The zero-order chi connectivity index (χ0) is 27.4. The van der Waals surface area contributed by atoms with Gasteiger partial charge in [-0.2, -0.15) is 0 Å². The fourth-order valence-corrected chi connectivity index (χ4v) is 4.46. The van der Waals surface area contributed by atoms with Gasteiger partial charge in [-0.1, -0.05) is 31.2 Å². The van der Waals surface area contributed by atoms with E-state index in [1.165, 1.54) is 4.90 Å². The number of amides is 1. The lowest BCUT2D eigenvalue weighted by Crippen LogP contribution is -2.29. The van der Waals surface area contributed by atoms with Crippen molar-refractivity contribution in [2.24, 2.45) is 0 Å². The lowest BCUT2D eigenvalue weighted by atomic mass is 9.95. The van der Waals surface area contributed by atoms with Gasteiger partial charge in [0.2, 0.25) is 0 Å². The van der Waals surface area contributed by atoms with E-state index in [1.807, 2.05) is 76.2 Å². The molecule has 1 saturated heterocycles. The zero-order valence-corrected chi connectivity index (χ0v) is 22.5. The van der Waals surface area contributed by atoms with Crippen LogP contribution in [0.3, 0.4) is 0 Å². The molecule has 0 aromatic heterocycles. The Labute approximate surface area is 223 Å². The minimum absolute atomic E-state index is 0.0148. The maximum absolute atomic E-state index is 13.5. The largest absolute Gasteiger partial charge is 0.507 e. The normalized spacial score (nSPS) is 16.7. The zero-order valence-electron chi connectivity index (χ0n) is 22.5. The van der Waals surface area contributed by atoms with Crippen LogP contribution < -0.4 is 19.3 Å². The van der Waals surface area contributed by atoms with Gasteiger partial charge in [0, 0.05) is 31.0 Å². The molecule has 7 nitrogen and oxygen atoms in total. The maximum atomic E-state index is 13.5. The Bertz CT molecular complexity index is 1340. The second-order valence-corrected chi connectivity index (χ2v) is 9.70. The Morgan fingerprint density at radius 3 is 2.32 bits per heavy atom. The van der Waals surface area contributed by atoms with E-state index in [1.54, 1.807) is 36.4 Å². The second-order valence-electron chi connectivity index (χ2n) is 9.70. The molecular weight excluding hydrogens is 480 g/mol. The predicted octanol–water partition coefficient (Wildman–Crippen LogP) is 5.95. The number of carbonyl (C=O) groups excluding carboxylic acids is 2. The molecule has 4 rings (SSSR count). The van der Waals surface area contributed by atoms with Gasteiger partial charge in [-0.3, -0.25) is 14.5 Å². The molecule has 38 heavy (non-hydrogen) atoms. The van der Waals surface area contributed by atoms with Gasteiger partial charge in [-0.15, -0.1) is 0 Å². The number of ether oxygens (including phenoxy) is 2. The van der Waals surface area contributed by atoms with Gasteiger partial charge in [0.15, 0.2) is 0 Å². The van der Waals surface area contributed by atoms with Crippen molar-refractivity contribution in [2.45, 2.75) is 39.3 Å². The molecule has 3 aromatic carbocycles. The number of ketones is 1. The van der Waals surface area contributed by atoms with Crippen LogP contribution in [-0.2, 0) is 9.59 Å². The highest BCUT2D eigenvalue weighted by molar-refractivity contribution is 6.51. The highest BCUT2D eigenvalue weighted by Crippen LogP contribution is 2.43. The SMILES string of the molecule is CCCOc1cccc(/C(O)=C2/C(=O)C(=O)N(c3ccc(N(C)C)cc3)C2c2cccc(OC(C)C)c2)c1. The quantitative estimate of drug-likeness (QED) is 0.216. The molecule has 1 amide bonds. The third-order valence-corrected chi connectivity index (χ3v) is 6.21. The van der Waals surface area contributed by atoms with Gasteiger partial charge < -0.3 is 19.5 Å². The lowest BCUT2D eigenvalue weighted by molar-refractivity contribution is -0.132. The molecule has 1 unspecified atom stereocenters. The molecule has 0 radical (unpaired) electrons.